The van der Waals surface area contributed by atoms with Gasteiger partial charge in [0, 0.05) is 23.8 Å². The van der Waals surface area contributed by atoms with Crippen LogP contribution in [0.3, 0.4) is 0 Å². The van der Waals surface area contributed by atoms with Gasteiger partial charge in [-0.15, -0.1) is 4.72 Å². The van der Waals surface area contributed by atoms with Crippen LogP contribution in [0.1, 0.15) is 58.1 Å². The maximum absolute atomic E-state index is 13.5. The van der Waals surface area contributed by atoms with Gasteiger partial charge in [0.1, 0.15) is 17.0 Å². The van der Waals surface area contributed by atoms with Gasteiger partial charge in [-0.3, -0.25) is 4.98 Å². The highest BCUT2D eigenvalue weighted by atomic mass is 35.5. The van der Waals surface area contributed by atoms with Crippen molar-refractivity contribution in [2.75, 3.05) is 0 Å². The monoisotopic (exact) mass is 362 g/mol. The van der Waals surface area contributed by atoms with E-state index in [0.717, 1.165) is 0 Å². The molecule has 1 saturated carbocycles. The quantitative estimate of drug-likeness (QED) is 0.805. The van der Waals surface area contributed by atoms with Gasteiger partial charge in [-0.05, 0) is 58.1 Å². The predicted molar refractivity (Wildman–Crippen MR) is 91.3 cm³/mol. The summed E-state index contributed by atoms with van der Waals surface area (Å²) < 4.78 is 28.6. The molecule has 23 heavy (non-hydrogen) atoms. The molecule has 0 saturated heterocycles. The van der Waals surface area contributed by atoms with Crippen molar-refractivity contribution >= 4 is 23.0 Å². The summed E-state index contributed by atoms with van der Waals surface area (Å²) in [6, 6.07) is 1.09. The number of alkyl halides is 1. The first-order chi connectivity index (χ1) is 10.6. The van der Waals surface area contributed by atoms with Gasteiger partial charge in [0.25, 0.3) is 0 Å². The van der Waals surface area contributed by atoms with Crippen molar-refractivity contribution in [1.29, 1.82) is 0 Å². The van der Waals surface area contributed by atoms with Crippen molar-refractivity contribution in [2.45, 2.75) is 69.0 Å². The van der Waals surface area contributed by atoms with Crippen molar-refractivity contribution in [2.24, 2.45) is 0 Å². The molecule has 2 N–H and O–H groups in total. The SMILES string of the molecule is CC(C)(C)[S+]([O-])N[C@@H](c1cncc(Cl)c1)[C@]1(O)CC[C@@H](F)CC1. The third-order valence-corrected chi connectivity index (χ3v) is 5.93. The number of hydrogen-bond donors (Lipinski definition) is 2. The molecule has 1 unspecified atom stereocenters. The Kier molecular flexibility index (Phi) is 5.95. The summed E-state index contributed by atoms with van der Waals surface area (Å²) in [4.78, 5) is 4.06. The number of rotatable bonds is 4. The van der Waals surface area contributed by atoms with Crippen LogP contribution in [0.4, 0.5) is 4.39 Å². The average Bonchev–Trinajstić information content (AvgIpc) is 2.46. The van der Waals surface area contributed by atoms with E-state index in [1.807, 2.05) is 20.8 Å². The van der Waals surface area contributed by atoms with E-state index in [2.05, 4.69) is 9.71 Å². The van der Waals surface area contributed by atoms with E-state index in [9.17, 15) is 14.0 Å². The van der Waals surface area contributed by atoms with Crippen LogP contribution in [0.15, 0.2) is 18.5 Å². The largest absolute Gasteiger partial charge is 0.598 e. The summed E-state index contributed by atoms with van der Waals surface area (Å²) in [6.07, 6.45) is 3.42. The van der Waals surface area contributed by atoms with Crippen LogP contribution in [0.25, 0.3) is 0 Å². The standard InChI is InChI=1S/C16H24ClFN2O2S/c1-15(2,3)23(22)20-14(11-8-12(17)10-19-9-11)16(21)6-4-13(18)5-7-16/h8-10,13-14,20-21H,4-7H2,1-3H3/t13-,14-,16+,23?/m0/s1. The zero-order valence-corrected chi connectivity index (χ0v) is 15.3. The predicted octanol–water partition coefficient (Wildman–Crippen LogP) is 3.47. The number of nitrogens with zero attached hydrogens (tertiary/aromatic N) is 1. The van der Waals surface area contributed by atoms with Crippen molar-refractivity contribution in [1.82, 2.24) is 9.71 Å². The molecule has 2 atom stereocenters. The van der Waals surface area contributed by atoms with Gasteiger partial charge in [-0.25, -0.2) is 4.39 Å². The summed E-state index contributed by atoms with van der Waals surface area (Å²) in [6.45, 7) is 5.56. The molecule has 0 amide bonds. The van der Waals surface area contributed by atoms with Crippen molar-refractivity contribution in [3.05, 3.63) is 29.0 Å². The van der Waals surface area contributed by atoms with Gasteiger partial charge >= 0.3 is 0 Å². The second-order valence-corrected chi connectivity index (χ2v) is 9.58. The van der Waals surface area contributed by atoms with Crippen LogP contribution in [-0.2, 0) is 11.4 Å². The number of aromatic nitrogens is 1. The zero-order valence-electron chi connectivity index (χ0n) is 13.7. The fourth-order valence-electron chi connectivity index (χ4n) is 2.73. The van der Waals surface area contributed by atoms with Gasteiger partial charge in [0.05, 0.1) is 10.6 Å². The first kappa shape index (κ1) is 18.9. The van der Waals surface area contributed by atoms with E-state index < -0.39 is 33.9 Å². The Hall–Kier alpha value is -0.400. The molecule has 4 nitrogen and oxygen atoms in total. The topological polar surface area (TPSA) is 68.2 Å². The van der Waals surface area contributed by atoms with Crippen LogP contribution in [-0.4, -0.2) is 31.2 Å². The van der Waals surface area contributed by atoms with Crippen LogP contribution in [0, 0.1) is 0 Å². The molecule has 1 fully saturated rings. The smallest absolute Gasteiger partial charge is 0.136 e. The summed E-state index contributed by atoms with van der Waals surface area (Å²) in [5.74, 6) is 0. The van der Waals surface area contributed by atoms with E-state index in [1.165, 1.54) is 6.20 Å². The molecule has 7 heteroatoms. The maximum atomic E-state index is 13.5. The molecule has 1 aliphatic rings. The molecule has 1 aromatic rings. The lowest BCUT2D eigenvalue weighted by molar-refractivity contribution is -0.0409. The minimum atomic E-state index is -1.39. The Morgan fingerprint density at radius 3 is 2.57 bits per heavy atom. The lowest BCUT2D eigenvalue weighted by Crippen LogP contribution is -2.51. The Bertz CT molecular complexity index is 533. The summed E-state index contributed by atoms with van der Waals surface area (Å²) in [7, 11) is 0. The van der Waals surface area contributed by atoms with Crippen LogP contribution in [0.5, 0.6) is 0 Å². The van der Waals surface area contributed by atoms with E-state index >= 15 is 0 Å². The minimum absolute atomic E-state index is 0.296. The van der Waals surface area contributed by atoms with Crippen LogP contribution in [0.2, 0.25) is 5.02 Å². The van der Waals surface area contributed by atoms with Crippen LogP contribution < -0.4 is 4.72 Å². The lowest BCUT2D eigenvalue weighted by atomic mass is 9.77. The normalized spacial score (nSPS) is 28.4. The van der Waals surface area contributed by atoms with Gasteiger partial charge in [-0.1, -0.05) is 11.6 Å². The van der Waals surface area contributed by atoms with E-state index in [0.29, 0.717) is 36.3 Å². The number of pyridine rings is 1. The number of hydrogen-bond acceptors (Lipinski definition) is 4. The van der Waals surface area contributed by atoms with Gasteiger partial charge < -0.3 is 9.66 Å². The van der Waals surface area contributed by atoms with Gasteiger partial charge in [0.15, 0.2) is 0 Å². The average molecular weight is 363 g/mol. The Morgan fingerprint density at radius 2 is 2.04 bits per heavy atom. The summed E-state index contributed by atoms with van der Waals surface area (Å²) in [5.41, 5.74) is -0.509. The zero-order chi connectivity index (χ0) is 17.3. The van der Waals surface area contributed by atoms with E-state index in [1.54, 1.807) is 12.3 Å². The summed E-state index contributed by atoms with van der Waals surface area (Å²) in [5, 5.41) is 11.5. The minimum Gasteiger partial charge on any atom is -0.598 e. The Balaban J connectivity index is 2.31. The highest BCUT2D eigenvalue weighted by molar-refractivity contribution is 7.90. The Morgan fingerprint density at radius 1 is 1.43 bits per heavy atom. The summed E-state index contributed by atoms with van der Waals surface area (Å²) >= 11 is 4.63. The number of nitrogens with one attached hydrogen (secondary N) is 1. The van der Waals surface area contributed by atoms with Crippen LogP contribution >= 0.6 is 11.6 Å². The number of aliphatic hydroxyl groups is 1. The highest BCUT2D eigenvalue weighted by Crippen LogP contribution is 2.40. The highest BCUT2D eigenvalue weighted by Gasteiger charge is 2.45. The fraction of sp³-hybridized carbons (Fsp3) is 0.688. The van der Waals surface area contributed by atoms with Gasteiger partial charge in [-0.2, -0.15) is 0 Å². The van der Waals surface area contributed by atoms with Crippen molar-refractivity contribution < 1.29 is 14.0 Å². The molecule has 130 valence electrons. The van der Waals surface area contributed by atoms with Gasteiger partial charge in [0.2, 0.25) is 0 Å². The molecule has 0 aliphatic heterocycles. The first-order valence-electron chi connectivity index (χ1n) is 7.77. The maximum Gasteiger partial charge on any atom is 0.136 e. The second kappa shape index (κ2) is 7.23. The third-order valence-electron chi connectivity index (χ3n) is 4.16. The van der Waals surface area contributed by atoms with Crippen molar-refractivity contribution in [3.63, 3.8) is 0 Å². The van der Waals surface area contributed by atoms with Crippen molar-refractivity contribution in [3.8, 4) is 0 Å². The molecular weight excluding hydrogens is 339 g/mol. The molecule has 0 aromatic carbocycles. The molecule has 1 aliphatic carbocycles. The third kappa shape index (κ3) is 4.79. The lowest BCUT2D eigenvalue weighted by Gasteiger charge is -2.41. The molecule has 0 bridgehead atoms. The van der Waals surface area contributed by atoms with E-state index in [-0.39, 0.29) is 0 Å². The Labute approximate surface area is 145 Å². The fourth-order valence-corrected chi connectivity index (χ4v) is 3.83. The molecule has 1 heterocycles. The molecule has 2 rings (SSSR count). The molecule has 0 spiro atoms. The molecule has 0 radical (unpaired) electrons. The number of halogens is 2. The second-order valence-electron chi connectivity index (χ2n) is 7.15. The first-order valence-corrected chi connectivity index (χ1v) is 9.29. The molecular formula is C16H24ClFN2O2S. The molecule has 1 aromatic heterocycles. The van der Waals surface area contributed by atoms with E-state index in [4.69, 9.17) is 11.6 Å².